The first kappa shape index (κ1) is 13.9. The standard InChI is InChI=1S/C12H28N2/c1-5-8-14(9-6-2)10-12(13)11(4)7-3/h11-12H,5-10,13H2,1-4H3. The smallest absolute Gasteiger partial charge is 0.0193 e. The number of rotatable bonds is 8. The van der Waals surface area contributed by atoms with Crippen LogP contribution in [0.25, 0.3) is 0 Å². The zero-order valence-electron chi connectivity index (χ0n) is 10.4. The second-order valence-corrected chi connectivity index (χ2v) is 4.35. The molecule has 0 radical (unpaired) electrons. The van der Waals surface area contributed by atoms with Crippen LogP contribution < -0.4 is 5.73 Å². The van der Waals surface area contributed by atoms with Crippen molar-refractivity contribution in [3.05, 3.63) is 0 Å². The van der Waals surface area contributed by atoms with E-state index in [0.29, 0.717) is 12.0 Å². The van der Waals surface area contributed by atoms with Crippen LogP contribution >= 0.6 is 0 Å². The number of hydrogen-bond acceptors (Lipinski definition) is 2. The number of nitrogens with two attached hydrogens (primary N) is 1. The molecule has 2 atom stereocenters. The van der Waals surface area contributed by atoms with Gasteiger partial charge in [0.2, 0.25) is 0 Å². The molecule has 0 amide bonds. The van der Waals surface area contributed by atoms with Gasteiger partial charge < -0.3 is 10.6 Å². The van der Waals surface area contributed by atoms with E-state index in [1.54, 1.807) is 0 Å². The van der Waals surface area contributed by atoms with Gasteiger partial charge in [-0.2, -0.15) is 0 Å². The van der Waals surface area contributed by atoms with Crippen LogP contribution in [0.2, 0.25) is 0 Å². The van der Waals surface area contributed by atoms with E-state index in [2.05, 4.69) is 32.6 Å². The average molecular weight is 200 g/mol. The van der Waals surface area contributed by atoms with Gasteiger partial charge in [-0.15, -0.1) is 0 Å². The normalized spacial score (nSPS) is 15.9. The quantitative estimate of drug-likeness (QED) is 0.652. The van der Waals surface area contributed by atoms with Gasteiger partial charge in [0.05, 0.1) is 0 Å². The molecule has 0 saturated carbocycles. The maximum absolute atomic E-state index is 6.15. The van der Waals surface area contributed by atoms with Crippen molar-refractivity contribution in [2.45, 2.75) is 53.0 Å². The molecule has 0 aromatic carbocycles. The van der Waals surface area contributed by atoms with E-state index in [0.717, 1.165) is 6.54 Å². The Labute approximate surface area is 89.9 Å². The van der Waals surface area contributed by atoms with E-state index in [1.807, 2.05) is 0 Å². The van der Waals surface area contributed by atoms with E-state index >= 15 is 0 Å². The Morgan fingerprint density at radius 3 is 1.93 bits per heavy atom. The lowest BCUT2D eigenvalue weighted by molar-refractivity contribution is 0.232. The van der Waals surface area contributed by atoms with Crippen LogP contribution in [-0.4, -0.2) is 30.6 Å². The molecule has 2 N–H and O–H groups in total. The van der Waals surface area contributed by atoms with E-state index in [9.17, 15) is 0 Å². The molecular formula is C12H28N2. The topological polar surface area (TPSA) is 29.3 Å². The highest BCUT2D eigenvalue weighted by molar-refractivity contribution is 4.72. The summed E-state index contributed by atoms with van der Waals surface area (Å²) in [5.74, 6) is 0.645. The third-order valence-electron chi connectivity index (χ3n) is 2.92. The Balaban J connectivity index is 3.87. The predicted molar refractivity (Wildman–Crippen MR) is 64.5 cm³/mol. The molecule has 0 heterocycles. The molecule has 0 spiro atoms. The van der Waals surface area contributed by atoms with Gasteiger partial charge in [-0.1, -0.05) is 34.1 Å². The van der Waals surface area contributed by atoms with Crippen molar-refractivity contribution >= 4 is 0 Å². The Hall–Kier alpha value is -0.0800. The van der Waals surface area contributed by atoms with Crippen molar-refractivity contribution in [3.63, 3.8) is 0 Å². The fraction of sp³-hybridized carbons (Fsp3) is 1.00. The second-order valence-electron chi connectivity index (χ2n) is 4.35. The van der Waals surface area contributed by atoms with Crippen LogP contribution in [0.5, 0.6) is 0 Å². The second kappa shape index (κ2) is 8.25. The van der Waals surface area contributed by atoms with E-state index < -0.39 is 0 Å². The molecular weight excluding hydrogens is 172 g/mol. The van der Waals surface area contributed by atoms with Gasteiger partial charge in [0, 0.05) is 12.6 Å². The highest BCUT2D eigenvalue weighted by atomic mass is 15.1. The zero-order chi connectivity index (χ0) is 11.0. The maximum Gasteiger partial charge on any atom is 0.0193 e. The van der Waals surface area contributed by atoms with Crippen molar-refractivity contribution in [3.8, 4) is 0 Å². The van der Waals surface area contributed by atoms with E-state index in [1.165, 1.54) is 32.4 Å². The lowest BCUT2D eigenvalue weighted by atomic mass is 9.99. The molecule has 0 aliphatic heterocycles. The number of nitrogens with zero attached hydrogens (tertiary/aromatic N) is 1. The van der Waals surface area contributed by atoms with Crippen LogP contribution in [0.4, 0.5) is 0 Å². The summed E-state index contributed by atoms with van der Waals surface area (Å²) >= 11 is 0. The van der Waals surface area contributed by atoms with Gasteiger partial charge in [-0.3, -0.25) is 0 Å². The van der Waals surface area contributed by atoms with Gasteiger partial charge in [0.1, 0.15) is 0 Å². The summed E-state index contributed by atoms with van der Waals surface area (Å²) in [5.41, 5.74) is 6.15. The fourth-order valence-electron chi connectivity index (χ4n) is 1.71. The molecule has 0 bridgehead atoms. The van der Waals surface area contributed by atoms with Gasteiger partial charge in [-0.25, -0.2) is 0 Å². The highest BCUT2D eigenvalue weighted by Gasteiger charge is 2.14. The Morgan fingerprint density at radius 1 is 1.07 bits per heavy atom. The molecule has 0 rings (SSSR count). The minimum absolute atomic E-state index is 0.345. The SMILES string of the molecule is CCCN(CCC)CC(N)C(C)CC. The van der Waals surface area contributed by atoms with Crippen LogP contribution in [0.3, 0.4) is 0 Å². The molecule has 2 unspecified atom stereocenters. The third-order valence-corrected chi connectivity index (χ3v) is 2.92. The van der Waals surface area contributed by atoms with Crippen molar-refractivity contribution in [1.29, 1.82) is 0 Å². The summed E-state index contributed by atoms with van der Waals surface area (Å²) in [6, 6.07) is 0.345. The molecule has 0 aliphatic rings. The first-order chi connectivity index (χ1) is 6.65. The minimum atomic E-state index is 0.345. The van der Waals surface area contributed by atoms with Gasteiger partial charge >= 0.3 is 0 Å². The van der Waals surface area contributed by atoms with Crippen LogP contribution in [0.15, 0.2) is 0 Å². The zero-order valence-corrected chi connectivity index (χ0v) is 10.4. The van der Waals surface area contributed by atoms with Crippen molar-refractivity contribution in [1.82, 2.24) is 4.90 Å². The summed E-state index contributed by atoms with van der Waals surface area (Å²) in [6.07, 6.45) is 3.65. The summed E-state index contributed by atoms with van der Waals surface area (Å²) in [4.78, 5) is 2.50. The van der Waals surface area contributed by atoms with Crippen LogP contribution in [0.1, 0.15) is 47.0 Å². The van der Waals surface area contributed by atoms with Gasteiger partial charge in [0.15, 0.2) is 0 Å². The minimum Gasteiger partial charge on any atom is -0.326 e. The van der Waals surface area contributed by atoms with Crippen molar-refractivity contribution < 1.29 is 0 Å². The lowest BCUT2D eigenvalue weighted by Crippen LogP contribution is -2.42. The molecule has 0 aromatic heterocycles. The van der Waals surface area contributed by atoms with Crippen LogP contribution in [-0.2, 0) is 0 Å². The Bertz CT molecular complexity index is 119. The van der Waals surface area contributed by atoms with Crippen molar-refractivity contribution in [2.75, 3.05) is 19.6 Å². The molecule has 2 nitrogen and oxygen atoms in total. The third kappa shape index (κ3) is 5.61. The summed E-state index contributed by atoms with van der Waals surface area (Å²) in [6.45, 7) is 12.4. The molecule has 0 aromatic rings. The summed E-state index contributed by atoms with van der Waals surface area (Å²) in [5, 5.41) is 0. The maximum atomic E-state index is 6.15. The monoisotopic (exact) mass is 200 g/mol. The van der Waals surface area contributed by atoms with Crippen LogP contribution in [0, 0.1) is 5.92 Å². The molecule has 0 fully saturated rings. The molecule has 86 valence electrons. The number of hydrogen-bond donors (Lipinski definition) is 1. The largest absolute Gasteiger partial charge is 0.326 e. The molecule has 0 aliphatic carbocycles. The Morgan fingerprint density at radius 2 is 1.57 bits per heavy atom. The Kier molecular flexibility index (Phi) is 8.20. The summed E-state index contributed by atoms with van der Waals surface area (Å²) in [7, 11) is 0. The molecule has 0 saturated heterocycles. The van der Waals surface area contributed by atoms with Gasteiger partial charge in [0.25, 0.3) is 0 Å². The van der Waals surface area contributed by atoms with Crippen molar-refractivity contribution in [2.24, 2.45) is 11.7 Å². The van der Waals surface area contributed by atoms with E-state index in [-0.39, 0.29) is 0 Å². The first-order valence-electron chi connectivity index (χ1n) is 6.13. The molecule has 14 heavy (non-hydrogen) atoms. The predicted octanol–water partition coefficient (Wildman–Crippen LogP) is 2.48. The highest BCUT2D eigenvalue weighted by Crippen LogP contribution is 2.07. The average Bonchev–Trinajstić information content (AvgIpc) is 2.17. The first-order valence-corrected chi connectivity index (χ1v) is 6.13. The molecule has 2 heteroatoms. The fourth-order valence-corrected chi connectivity index (χ4v) is 1.71. The summed E-state index contributed by atoms with van der Waals surface area (Å²) < 4.78 is 0. The lowest BCUT2D eigenvalue weighted by Gasteiger charge is -2.27. The van der Waals surface area contributed by atoms with E-state index in [4.69, 9.17) is 5.73 Å². The van der Waals surface area contributed by atoms with Gasteiger partial charge in [-0.05, 0) is 31.8 Å².